The van der Waals surface area contributed by atoms with Crippen molar-refractivity contribution in [3.8, 4) is 0 Å². The number of nitrogen functional groups attached to an aromatic ring is 1. The fourth-order valence-electron chi connectivity index (χ4n) is 2.66. The molecule has 1 heterocycles. The Morgan fingerprint density at radius 3 is 2.71 bits per heavy atom. The van der Waals surface area contributed by atoms with Gasteiger partial charge in [0.1, 0.15) is 0 Å². The molecule has 0 bridgehead atoms. The monoisotopic (exact) mass is 291 g/mol. The molecule has 1 aromatic rings. The lowest BCUT2D eigenvalue weighted by atomic mass is 10.1. The zero-order chi connectivity index (χ0) is 15.4. The van der Waals surface area contributed by atoms with Crippen molar-refractivity contribution in [3.05, 3.63) is 23.8 Å². The quantitative estimate of drug-likeness (QED) is 0.833. The van der Waals surface area contributed by atoms with E-state index in [2.05, 4.69) is 10.2 Å². The molecule has 116 valence electrons. The molecule has 1 aromatic carbocycles. The highest BCUT2D eigenvalue weighted by molar-refractivity contribution is 5.95. The Labute approximate surface area is 126 Å². The molecule has 0 spiro atoms. The van der Waals surface area contributed by atoms with E-state index in [1.54, 1.807) is 6.07 Å². The third-order valence-electron chi connectivity index (χ3n) is 4.27. The Kier molecular flexibility index (Phi) is 5.20. The summed E-state index contributed by atoms with van der Waals surface area (Å²) in [4.78, 5) is 14.6. The number of carbonyl (C=O) groups is 1. The van der Waals surface area contributed by atoms with Crippen LogP contribution in [0.15, 0.2) is 18.2 Å². The van der Waals surface area contributed by atoms with Gasteiger partial charge in [0.15, 0.2) is 0 Å². The lowest BCUT2D eigenvalue weighted by molar-refractivity contribution is -0.121. The largest absolute Gasteiger partial charge is 0.399 e. The molecule has 1 aliphatic rings. The lowest BCUT2D eigenvalue weighted by Gasteiger charge is -2.34. The van der Waals surface area contributed by atoms with Crippen molar-refractivity contribution in [2.45, 2.75) is 38.8 Å². The number of anilines is 2. The summed E-state index contributed by atoms with van der Waals surface area (Å²) >= 11 is 0. The number of hydrogen-bond acceptors (Lipinski definition) is 4. The number of nitrogens with two attached hydrogens (primary N) is 1. The number of rotatable bonds is 4. The van der Waals surface area contributed by atoms with Crippen LogP contribution in [0, 0.1) is 6.92 Å². The molecule has 0 saturated carbocycles. The molecule has 1 saturated heterocycles. The van der Waals surface area contributed by atoms with Crippen LogP contribution in [0.1, 0.15) is 25.3 Å². The predicted octanol–water partition coefficient (Wildman–Crippen LogP) is 2.02. The Morgan fingerprint density at radius 2 is 2.10 bits per heavy atom. The van der Waals surface area contributed by atoms with Gasteiger partial charge in [-0.15, -0.1) is 0 Å². The average molecular weight is 291 g/mol. The summed E-state index contributed by atoms with van der Waals surface area (Å²) in [6.07, 6.45) is 1.96. The summed E-state index contributed by atoms with van der Waals surface area (Å²) in [6.45, 7) is 5.44. The normalized spacial score (nSPS) is 17.7. The van der Waals surface area contributed by atoms with E-state index in [-0.39, 0.29) is 11.9 Å². The van der Waals surface area contributed by atoms with Gasteiger partial charge in [0.05, 0.1) is 6.04 Å². The number of benzene rings is 1. The second-order valence-electron chi connectivity index (χ2n) is 5.75. The van der Waals surface area contributed by atoms with Crippen LogP contribution in [0.2, 0.25) is 0 Å². The van der Waals surface area contributed by atoms with E-state index in [1.165, 1.54) is 0 Å². The summed E-state index contributed by atoms with van der Waals surface area (Å²) in [7, 11) is 2.01. The second kappa shape index (κ2) is 6.91. The molecular formula is C16H25N3O2. The Bertz CT molecular complexity index is 498. The van der Waals surface area contributed by atoms with Crippen LogP contribution in [-0.2, 0) is 9.53 Å². The van der Waals surface area contributed by atoms with Crippen LogP contribution in [0.25, 0.3) is 0 Å². The summed E-state index contributed by atoms with van der Waals surface area (Å²) < 4.78 is 5.37. The highest BCUT2D eigenvalue weighted by atomic mass is 16.5. The molecule has 5 heteroatoms. The molecule has 21 heavy (non-hydrogen) atoms. The fraction of sp³-hybridized carbons (Fsp3) is 0.562. The third-order valence-corrected chi connectivity index (χ3v) is 4.27. The van der Waals surface area contributed by atoms with Crippen molar-refractivity contribution in [2.24, 2.45) is 0 Å². The van der Waals surface area contributed by atoms with Gasteiger partial charge in [-0.25, -0.2) is 0 Å². The molecule has 1 aliphatic heterocycles. The number of hydrogen-bond donors (Lipinski definition) is 2. The maximum atomic E-state index is 12.4. The van der Waals surface area contributed by atoms with Gasteiger partial charge in [-0.3, -0.25) is 9.69 Å². The van der Waals surface area contributed by atoms with Crippen molar-refractivity contribution < 1.29 is 9.53 Å². The van der Waals surface area contributed by atoms with Crippen molar-refractivity contribution in [2.75, 3.05) is 31.3 Å². The summed E-state index contributed by atoms with van der Waals surface area (Å²) in [5.74, 6) is 0.0110. The molecule has 0 aliphatic carbocycles. The van der Waals surface area contributed by atoms with Crippen LogP contribution in [-0.4, -0.2) is 43.2 Å². The highest BCUT2D eigenvalue weighted by Gasteiger charge is 2.26. The van der Waals surface area contributed by atoms with Crippen LogP contribution >= 0.6 is 0 Å². The van der Waals surface area contributed by atoms with Gasteiger partial charge in [0, 0.05) is 30.6 Å². The lowest BCUT2D eigenvalue weighted by Crippen LogP contribution is -2.47. The number of carbonyl (C=O) groups excluding carboxylic acids is 1. The molecule has 1 unspecified atom stereocenters. The van der Waals surface area contributed by atoms with Crippen LogP contribution < -0.4 is 11.1 Å². The van der Waals surface area contributed by atoms with E-state index in [9.17, 15) is 4.79 Å². The van der Waals surface area contributed by atoms with Crippen molar-refractivity contribution >= 4 is 17.3 Å². The number of aryl methyl sites for hydroxylation is 1. The third kappa shape index (κ3) is 3.95. The van der Waals surface area contributed by atoms with Gasteiger partial charge in [-0.1, -0.05) is 0 Å². The minimum atomic E-state index is -0.176. The first-order valence-electron chi connectivity index (χ1n) is 7.45. The smallest absolute Gasteiger partial charge is 0.241 e. The van der Waals surface area contributed by atoms with E-state index in [0.29, 0.717) is 11.7 Å². The maximum absolute atomic E-state index is 12.4. The number of amides is 1. The zero-order valence-electron chi connectivity index (χ0n) is 13.1. The predicted molar refractivity (Wildman–Crippen MR) is 85.3 cm³/mol. The van der Waals surface area contributed by atoms with Gasteiger partial charge in [-0.05, 0) is 57.5 Å². The first-order valence-corrected chi connectivity index (χ1v) is 7.45. The maximum Gasteiger partial charge on any atom is 0.241 e. The van der Waals surface area contributed by atoms with Crippen LogP contribution in [0.4, 0.5) is 11.4 Å². The Hall–Kier alpha value is -1.59. The van der Waals surface area contributed by atoms with Crippen molar-refractivity contribution in [1.82, 2.24) is 4.90 Å². The minimum absolute atomic E-state index is 0.0110. The van der Waals surface area contributed by atoms with E-state index in [4.69, 9.17) is 10.5 Å². The first kappa shape index (κ1) is 15.8. The zero-order valence-corrected chi connectivity index (χ0v) is 13.1. The summed E-state index contributed by atoms with van der Waals surface area (Å²) in [6, 6.07) is 5.75. The molecule has 0 aromatic heterocycles. The average Bonchev–Trinajstić information content (AvgIpc) is 2.49. The minimum Gasteiger partial charge on any atom is -0.399 e. The standard InChI is InChI=1S/C16H25N3O2/c1-11-10-13(17)4-5-15(11)18-16(20)12(2)19(3)14-6-8-21-9-7-14/h4-5,10,12,14H,6-9,17H2,1-3H3,(H,18,20). The highest BCUT2D eigenvalue weighted by Crippen LogP contribution is 2.20. The Morgan fingerprint density at radius 1 is 1.43 bits per heavy atom. The van der Waals surface area contributed by atoms with Gasteiger partial charge < -0.3 is 15.8 Å². The topological polar surface area (TPSA) is 67.6 Å². The van der Waals surface area contributed by atoms with Crippen LogP contribution in [0.5, 0.6) is 0 Å². The van der Waals surface area contributed by atoms with E-state index in [1.807, 2.05) is 33.0 Å². The molecule has 5 nitrogen and oxygen atoms in total. The molecular weight excluding hydrogens is 266 g/mol. The van der Waals surface area contributed by atoms with Crippen molar-refractivity contribution in [1.29, 1.82) is 0 Å². The molecule has 1 atom stereocenters. The summed E-state index contributed by atoms with van der Waals surface area (Å²) in [5.41, 5.74) is 8.23. The van der Waals surface area contributed by atoms with Gasteiger partial charge >= 0.3 is 0 Å². The fourth-order valence-corrected chi connectivity index (χ4v) is 2.66. The van der Waals surface area contributed by atoms with E-state index < -0.39 is 0 Å². The molecule has 1 amide bonds. The van der Waals surface area contributed by atoms with Gasteiger partial charge in [-0.2, -0.15) is 0 Å². The molecule has 3 N–H and O–H groups in total. The second-order valence-corrected chi connectivity index (χ2v) is 5.75. The molecule has 1 fully saturated rings. The van der Waals surface area contributed by atoms with Crippen LogP contribution in [0.3, 0.4) is 0 Å². The SMILES string of the molecule is Cc1cc(N)ccc1NC(=O)C(C)N(C)C1CCOCC1. The molecule has 2 rings (SSSR count). The molecule has 0 radical (unpaired) electrons. The van der Waals surface area contributed by atoms with Gasteiger partial charge in [0.2, 0.25) is 5.91 Å². The first-order chi connectivity index (χ1) is 9.99. The number of nitrogens with one attached hydrogen (secondary N) is 1. The number of likely N-dealkylation sites (N-methyl/N-ethyl adjacent to an activating group) is 1. The Balaban J connectivity index is 1.98. The summed E-state index contributed by atoms with van der Waals surface area (Å²) in [5, 5.41) is 2.99. The van der Waals surface area contributed by atoms with Crippen molar-refractivity contribution in [3.63, 3.8) is 0 Å². The van der Waals surface area contributed by atoms with Gasteiger partial charge in [0.25, 0.3) is 0 Å². The van der Waals surface area contributed by atoms with E-state index in [0.717, 1.165) is 37.3 Å². The number of ether oxygens (including phenoxy) is 1. The van der Waals surface area contributed by atoms with E-state index >= 15 is 0 Å². The number of nitrogens with zero attached hydrogens (tertiary/aromatic N) is 1.